The van der Waals surface area contributed by atoms with Crippen LogP contribution in [-0.2, 0) is 12.8 Å². The Bertz CT molecular complexity index is 1240. The van der Waals surface area contributed by atoms with Gasteiger partial charge in [-0.2, -0.15) is 0 Å². The van der Waals surface area contributed by atoms with Crippen molar-refractivity contribution >= 4 is 5.83 Å². The van der Waals surface area contributed by atoms with E-state index in [1.807, 2.05) is 0 Å². The van der Waals surface area contributed by atoms with Crippen molar-refractivity contribution in [3.8, 4) is 16.9 Å². The van der Waals surface area contributed by atoms with E-state index in [4.69, 9.17) is 0 Å². The topological polar surface area (TPSA) is 9.23 Å². The quantitative estimate of drug-likeness (QED) is 0.205. The number of hydrogen-bond donors (Lipinski definition) is 0. The van der Waals surface area contributed by atoms with Crippen LogP contribution in [0.25, 0.3) is 17.0 Å². The fraction of sp³-hybridized carbons (Fsp3) is 0.185. The highest BCUT2D eigenvalue weighted by molar-refractivity contribution is 5.66. The molecule has 0 aliphatic heterocycles. The van der Waals surface area contributed by atoms with Crippen LogP contribution >= 0.6 is 0 Å². The zero-order valence-corrected chi connectivity index (χ0v) is 18.7. The minimum Gasteiger partial charge on any atom is -0.399 e. The molecule has 0 aliphatic carbocycles. The van der Waals surface area contributed by atoms with Crippen LogP contribution in [0.1, 0.15) is 29.5 Å². The van der Waals surface area contributed by atoms with E-state index in [0.717, 1.165) is 11.6 Å². The second-order valence-electron chi connectivity index (χ2n) is 7.87. The molecule has 0 bridgehead atoms. The van der Waals surface area contributed by atoms with Crippen molar-refractivity contribution in [3.05, 3.63) is 107 Å². The first-order valence-corrected chi connectivity index (χ1v) is 10.8. The number of hydrogen-bond acceptors (Lipinski definition) is 1. The van der Waals surface area contributed by atoms with E-state index in [2.05, 4.69) is 11.3 Å². The molecule has 0 saturated carbocycles. The first-order chi connectivity index (χ1) is 17.0. The molecule has 0 fully saturated rings. The van der Waals surface area contributed by atoms with Gasteiger partial charge in [0.25, 0.3) is 0 Å². The summed E-state index contributed by atoms with van der Waals surface area (Å²) in [6.07, 6.45) is -2.76. The third kappa shape index (κ3) is 6.96. The third-order valence-electron chi connectivity index (χ3n) is 5.28. The first kappa shape index (κ1) is 27.0. The van der Waals surface area contributed by atoms with Gasteiger partial charge in [0.2, 0.25) is 5.75 Å². The largest absolute Gasteiger partial charge is 0.573 e. The van der Waals surface area contributed by atoms with Gasteiger partial charge in [-0.15, -0.1) is 19.8 Å². The summed E-state index contributed by atoms with van der Waals surface area (Å²) in [5.74, 6) is -7.49. The van der Waals surface area contributed by atoms with Crippen molar-refractivity contribution < 1.29 is 39.9 Å². The SMILES string of the molecule is C=CCCC(F)=C(F)c1ccc(CCc2ccc(-c3cc(F)c(OC(F)(F)F)c(F)c3)c(F)c2)cc1. The standard InChI is InChI=1S/C27H20F8O/c1-2-3-4-21(28)25(32)18-10-7-16(8-11-18)5-6-17-9-12-20(22(29)13-17)19-14-23(30)26(24(31)15-19)36-27(33,34)35/h2,7-15H,1,3-6H2. The molecule has 0 N–H and O–H groups in total. The van der Waals surface area contributed by atoms with E-state index in [0.29, 0.717) is 37.0 Å². The van der Waals surface area contributed by atoms with Crippen molar-refractivity contribution in [3.63, 3.8) is 0 Å². The molecule has 1 nitrogen and oxygen atoms in total. The lowest BCUT2D eigenvalue weighted by Crippen LogP contribution is -2.19. The summed E-state index contributed by atoms with van der Waals surface area (Å²) < 4.78 is 111. The highest BCUT2D eigenvalue weighted by Crippen LogP contribution is 2.34. The molecule has 3 aromatic rings. The lowest BCUT2D eigenvalue weighted by Gasteiger charge is -2.12. The number of halogens is 8. The number of aryl methyl sites for hydroxylation is 2. The van der Waals surface area contributed by atoms with Crippen LogP contribution < -0.4 is 4.74 Å². The van der Waals surface area contributed by atoms with E-state index in [1.165, 1.54) is 30.3 Å². The smallest absolute Gasteiger partial charge is 0.399 e. The van der Waals surface area contributed by atoms with Crippen molar-refractivity contribution in [2.75, 3.05) is 0 Å². The zero-order chi connectivity index (χ0) is 26.5. The molecule has 36 heavy (non-hydrogen) atoms. The second-order valence-corrected chi connectivity index (χ2v) is 7.87. The maximum atomic E-state index is 14.7. The van der Waals surface area contributed by atoms with Crippen LogP contribution in [0.2, 0.25) is 0 Å². The van der Waals surface area contributed by atoms with Crippen molar-refractivity contribution in [1.29, 1.82) is 0 Å². The Labute approximate surface area is 202 Å². The summed E-state index contributed by atoms with van der Waals surface area (Å²) in [5.41, 5.74) is 0.920. The molecule has 190 valence electrons. The van der Waals surface area contributed by atoms with Gasteiger partial charge in [-0.25, -0.2) is 22.0 Å². The molecule has 0 aliphatic rings. The maximum absolute atomic E-state index is 14.7. The summed E-state index contributed by atoms with van der Waals surface area (Å²) in [6, 6.07) is 11.2. The maximum Gasteiger partial charge on any atom is 0.573 e. The van der Waals surface area contributed by atoms with E-state index < -0.39 is 41.2 Å². The summed E-state index contributed by atoms with van der Waals surface area (Å²) in [5, 5.41) is 0. The normalized spacial score (nSPS) is 12.3. The molecule has 3 rings (SSSR count). The lowest BCUT2D eigenvalue weighted by molar-refractivity contribution is -0.276. The molecule has 0 amide bonds. The predicted octanol–water partition coefficient (Wildman–Crippen LogP) is 9.03. The summed E-state index contributed by atoms with van der Waals surface area (Å²) in [4.78, 5) is 0. The third-order valence-corrected chi connectivity index (χ3v) is 5.28. The van der Waals surface area contributed by atoms with Crippen LogP contribution in [-0.4, -0.2) is 6.36 Å². The summed E-state index contributed by atoms with van der Waals surface area (Å²) >= 11 is 0. The van der Waals surface area contributed by atoms with Gasteiger partial charge in [-0.05, 0) is 54.2 Å². The van der Waals surface area contributed by atoms with E-state index in [-0.39, 0.29) is 23.1 Å². The van der Waals surface area contributed by atoms with Crippen molar-refractivity contribution in [1.82, 2.24) is 0 Å². The Morgan fingerprint density at radius 2 is 1.39 bits per heavy atom. The molecular weight excluding hydrogens is 492 g/mol. The fourth-order valence-corrected chi connectivity index (χ4v) is 3.48. The van der Waals surface area contributed by atoms with Crippen LogP contribution in [0.15, 0.2) is 73.1 Å². The van der Waals surface area contributed by atoms with Gasteiger partial charge in [0.1, 0.15) is 11.6 Å². The fourth-order valence-electron chi connectivity index (χ4n) is 3.48. The Balaban J connectivity index is 1.70. The Morgan fingerprint density at radius 3 is 1.94 bits per heavy atom. The second kappa shape index (κ2) is 11.4. The number of ether oxygens (including phenoxy) is 1. The molecular formula is C27H20F8O. The Hall–Kier alpha value is -3.62. The van der Waals surface area contributed by atoms with Gasteiger partial charge < -0.3 is 4.74 Å². The molecule has 0 heterocycles. The van der Waals surface area contributed by atoms with Gasteiger partial charge in [0.05, 0.1) is 0 Å². The Kier molecular flexibility index (Phi) is 8.55. The van der Waals surface area contributed by atoms with Crippen LogP contribution in [0.5, 0.6) is 5.75 Å². The highest BCUT2D eigenvalue weighted by atomic mass is 19.4. The molecule has 0 unspecified atom stereocenters. The molecule has 3 aromatic carbocycles. The van der Waals surface area contributed by atoms with Gasteiger partial charge >= 0.3 is 6.36 Å². The van der Waals surface area contributed by atoms with Crippen LogP contribution in [0.4, 0.5) is 35.1 Å². The molecule has 0 spiro atoms. The van der Waals surface area contributed by atoms with E-state index in [1.54, 1.807) is 12.1 Å². The van der Waals surface area contributed by atoms with Gasteiger partial charge in [0, 0.05) is 17.5 Å². The molecule has 0 aromatic heterocycles. The first-order valence-electron chi connectivity index (χ1n) is 10.8. The molecule has 9 heteroatoms. The van der Waals surface area contributed by atoms with Crippen molar-refractivity contribution in [2.24, 2.45) is 0 Å². The summed E-state index contributed by atoms with van der Waals surface area (Å²) in [6.45, 7) is 3.46. The average molecular weight is 512 g/mol. The monoisotopic (exact) mass is 512 g/mol. The van der Waals surface area contributed by atoms with Gasteiger partial charge in [0.15, 0.2) is 17.5 Å². The van der Waals surface area contributed by atoms with Gasteiger partial charge in [-0.3, -0.25) is 0 Å². The van der Waals surface area contributed by atoms with E-state index >= 15 is 0 Å². The molecule has 0 atom stereocenters. The predicted molar refractivity (Wildman–Crippen MR) is 121 cm³/mol. The average Bonchev–Trinajstić information content (AvgIpc) is 2.82. The van der Waals surface area contributed by atoms with E-state index in [9.17, 15) is 35.1 Å². The zero-order valence-electron chi connectivity index (χ0n) is 18.7. The summed E-state index contributed by atoms with van der Waals surface area (Å²) in [7, 11) is 0. The highest BCUT2D eigenvalue weighted by Gasteiger charge is 2.34. The number of allylic oxidation sites excluding steroid dienone is 2. The number of alkyl halides is 3. The number of benzene rings is 3. The minimum absolute atomic E-state index is 0.0800. The van der Waals surface area contributed by atoms with Gasteiger partial charge in [-0.1, -0.05) is 42.5 Å². The van der Waals surface area contributed by atoms with Crippen molar-refractivity contribution in [2.45, 2.75) is 32.0 Å². The number of rotatable bonds is 9. The molecule has 0 radical (unpaired) electrons. The Morgan fingerprint density at radius 1 is 0.806 bits per heavy atom. The van der Waals surface area contributed by atoms with Crippen LogP contribution in [0.3, 0.4) is 0 Å². The minimum atomic E-state index is -5.29. The lowest BCUT2D eigenvalue weighted by atomic mass is 9.99. The molecule has 0 saturated heterocycles. The van der Waals surface area contributed by atoms with Crippen LogP contribution in [0, 0.1) is 17.5 Å².